The molecule has 1 saturated heterocycles. The van der Waals surface area contributed by atoms with E-state index in [1.165, 1.54) is 18.2 Å². The molecule has 1 aromatic carbocycles. The zero-order valence-corrected chi connectivity index (χ0v) is 14.4. The molecule has 3 heteroatoms. The molecule has 22 heavy (non-hydrogen) atoms. The lowest BCUT2D eigenvalue weighted by Crippen LogP contribution is -2.37. The van der Waals surface area contributed by atoms with Gasteiger partial charge in [-0.1, -0.05) is 45.0 Å². The Kier molecular flexibility index (Phi) is 5.63. The van der Waals surface area contributed by atoms with E-state index in [1.54, 1.807) is 0 Å². The average molecular weight is 303 g/mol. The van der Waals surface area contributed by atoms with Gasteiger partial charge in [0.15, 0.2) is 0 Å². The lowest BCUT2D eigenvalue weighted by Gasteiger charge is -2.30. The topological polar surface area (TPSA) is 29.5 Å². The molecule has 1 aromatic rings. The third-order valence-corrected chi connectivity index (χ3v) is 4.66. The Morgan fingerprint density at radius 1 is 1.18 bits per heavy atom. The van der Waals surface area contributed by atoms with Crippen LogP contribution in [0.4, 0.5) is 0 Å². The summed E-state index contributed by atoms with van der Waals surface area (Å²) >= 11 is 0. The van der Waals surface area contributed by atoms with Crippen LogP contribution < -0.4 is 0 Å². The summed E-state index contributed by atoms with van der Waals surface area (Å²) in [4.78, 5) is 14.0. The first-order chi connectivity index (χ1) is 10.4. The largest absolute Gasteiger partial charge is 0.469 e. The lowest BCUT2D eigenvalue weighted by molar-refractivity contribution is -0.147. The molecule has 122 valence electrons. The Bertz CT molecular complexity index is 479. The Balaban J connectivity index is 1.78. The number of carbonyl (C=O) groups excluding carboxylic acids is 1. The van der Waals surface area contributed by atoms with Crippen LogP contribution in [-0.4, -0.2) is 37.6 Å². The Labute approximate surface area is 134 Å². The van der Waals surface area contributed by atoms with E-state index in [1.807, 2.05) is 0 Å². The summed E-state index contributed by atoms with van der Waals surface area (Å²) < 4.78 is 4.84. The number of methoxy groups -OCH3 is 1. The van der Waals surface area contributed by atoms with Crippen LogP contribution in [0.5, 0.6) is 0 Å². The van der Waals surface area contributed by atoms with Crippen molar-refractivity contribution >= 4 is 5.97 Å². The Morgan fingerprint density at radius 3 is 2.27 bits per heavy atom. The zero-order valence-electron chi connectivity index (χ0n) is 14.4. The van der Waals surface area contributed by atoms with Crippen LogP contribution in [0, 0.1) is 5.92 Å². The van der Waals surface area contributed by atoms with Gasteiger partial charge in [-0.3, -0.25) is 4.79 Å². The van der Waals surface area contributed by atoms with Crippen LogP contribution in [0.25, 0.3) is 0 Å². The Morgan fingerprint density at radius 2 is 1.77 bits per heavy atom. The van der Waals surface area contributed by atoms with Crippen molar-refractivity contribution in [1.29, 1.82) is 0 Å². The minimum atomic E-state index is -0.0441. The molecular weight excluding hydrogens is 274 g/mol. The number of esters is 1. The van der Waals surface area contributed by atoms with Gasteiger partial charge in [0, 0.05) is 6.54 Å². The van der Waals surface area contributed by atoms with Gasteiger partial charge in [-0.05, 0) is 48.9 Å². The van der Waals surface area contributed by atoms with Gasteiger partial charge in [-0.2, -0.15) is 0 Å². The molecule has 0 aliphatic carbocycles. The molecule has 1 aliphatic heterocycles. The number of hydrogen-bond acceptors (Lipinski definition) is 3. The predicted molar refractivity (Wildman–Crippen MR) is 90.0 cm³/mol. The maximum Gasteiger partial charge on any atom is 0.308 e. The van der Waals surface area contributed by atoms with E-state index >= 15 is 0 Å². The molecule has 0 spiro atoms. The summed E-state index contributed by atoms with van der Waals surface area (Å²) in [5, 5.41) is 0. The highest BCUT2D eigenvalue weighted by molar-refractivity contribution is 5.72. The van der Waals surface area contributed by atoms with Gasteiger partial charge in [0.2, 0.25) is 0 Å². The first kappa shape index (κ1) is 17.0. The molecule has 0 atom stereocenters. The van der Waals surface area contributed by atoms with E-state index < -0.39 is 0 Å². The van der Waals surface area contributed by atoms with Crippen molar-refractivity contribution in [2.45, 2.75) is 45.4 Å². The molecule has 0 N–H and O–H groups in total. The molecular formula is C19H29NO2. The van der Waals surface area contributed by atoms with Crippen LogP contribution >= 0.6 is 0 Å². The second-order valence-corrected chi connectivity index (χ2v) is 7.34. The molecule has 0 unspecified atom stereocenters. The van der Waals surface area contributed by atoms with Crippen LogP contribution in [0.2, 0.25) is 0 Å². The van der Waals surface area contributed by atoms with Crippen LogP contribution in [-0.2, 0) is 21.4 Å². The highest BCUT2D eigenvalue weighted by Crippen LogP contribution is 2.23. The van der Waals surface area contributed by atoms with E-state index in [0.29, 0.717) is 0 Å². The fourth-order valence-corrected chi connectivity index (χ4v) is 3.02. The van der Waals surface area contributed by atoms with Crippen molar-refractivity contribution in [3.05, 3.63) is 35.4 Å². The molecule has 0 saturated carbocycles. The van der Waals surface area contributed by atoms with E-state index in [2.05, 4.69) is 49.9 Å². The maximum absolute atomic E-state index is 11.5. The third kappa shape index (κ3) is 4.57. The van der Waals surface area contributed by atoms with E-state index in [4.69, 9.17) is 4.74 Å². The van der Waals surface area contributed by atoms with E-state index in [0.717, 1.165) is 38.9 Å². The number of benzene rings is 1. The molecule has 0 amide bonds. The van der Waals surface area contributed by atoms with Crippen molar-refractivity contribution in [3.63, 3.8) is 0 Å². The lowest BCUT2D eigenvalue weighted by atomic mass is 9.86. The molecule has 3 nitrogen and oxygen atoms in total. The summed E-state index contributed by atoms with van der Waals surface area (Å²) in [7, 11) is 1.48. The van der Waals surface area contributed by atoms with Gasteiger partial charge in [-0.15, -0.1) is 0 Å². The van der Waals surface area contributed by atoms with Crippen molar-refractivity contribution in [2.24, 2.45) is 5.92 Å². The minimum absolute atomic E-state index is 0.0441. The van der Waals surface area contributed by atoms with E-state index in [-0.39, 0.29) is 17.3 Å². The van der Waals surface area contributed by atoms with Gasteiger partial charge < -0.3 is 9.64 Å². The number of carbonyl (C=O) groups is 1. The molecule has 1 heterocycles. The normalized spacial score (nSPS) is 17.5. The summed E-state index contributed by atoms with van der Waals surface area (Å²) in [6.45, 7) is 9.80. The average Bonchev–Trinajstić information content (AvgIpc) is 2.52. The van der Waals surface area contributed by atoms with Gasteiger partial charge >= 0.3 is 5.97 Å². The van der Waals surface area contributed by atoms with Crippen molar-refractivity contribution in [1.82, 2.24) is 4.90 Å². The van der Waals surface area contributed by atoms with Gasteiger partial charge in [-0.25, -0.2) is 0 Å². The van der Waals surface area contributed by atoms with Crippen LogP contribution in [0.15, 0.2) is 24.3 Å². The zero-order chi connectivity index (χ0) is 16.2. The predicted octanol–water partition coefficient (Wildman–Crippen LogP) is 3.41. The van der Waals surface area contributed by atoms with Crippen LogP contribution in [0.3, 0.4) is 0 Å². The minimum Gasteiger partial charge on any atom is -0.469 e. The quantitative estimate of drug-likeness (QED) is 0.798. The number of nitrogens with zero attached hydrogens (tertiary/aromatic N) is 1. The van der Waals surface area contributed by atoms with Crippen LogP contribution in [0.1, 0.15) is 44.7 Å². The van der Waals surface area contributed by atoms with Gasteiger partial charge in [0.1, 0.15) is 0 Å². The third-order valence-electron chi connectivity index (χ3n) is 4.66. The number of rotatable bonds is 4. The highest BCUT2D eigenvalue weighted by Gasteiger charge is 2.25. The van der Waals surface area contributed by atoms with E-state index in [9.17, 15) is 4.79 Å². The number of ether oxygens (including phenoxy) is 1. The van der Waals surface area contributed by atoms with Gasteiger partial charge in [0.25, 0.3) is 0 Å². The SMILES string of the molecule is COC(=O)C1CCN(CCc2ccc(C(C)(C)C)cc2)CC1. The standard InChI is InChI=1S/C19H29NO2/c1-19(2,3)17-7-5-15(6-8-17)9-12-20-13-10-16(11-14-20)18(21)22-4/h5-8,16H,9-14H2,1-4H3. The second kappa shape index (κ2) is 7.28. The first-order valence-electron chi connectivity index (χ1n) is 8.30. The summed E-state index contributed by atoms with van der Waals surface area (Å²) in [6.07, 6.45) is 2.93. The fraction of sp³-hybridized carbons (Fsp3) is 0.632. The maximum atomic E-state index is 11.5. The Hall–Kier alpha value is -1.35. The fourth-order valence-electron chi connectivity index (χ4n) is 3.02. The first-order valence-corrected chi connectivity index (χ1v) is 8.30. The number of likely N-dealkylation sites (tertiary alicyclic amines) is 1. The number of piperidine rings is 1. The molecule has 1 aliphatic rings. The monoisotopic (exact) mass is 303 g/mol. The second-order valence-electron chi connectivity index (χ2n) is 7.34. The van der Waals surface area contributed by atoms with Gasteiger partial charge in [0.05, 0.1) is 13.0 Å². The summed E-state index contributed by atoms with van der Waals surface area (Å²) in [5.41, 5.74) is 2.99. The highest BCUT2D eigenvalue weighted by atomic mass is 16.5. The van der Waals surface area contributed by atoms with Crippen molar-refractivity contribution < 1.29 is 9.53 Å². The molecule has 0 aromatic heterocycles. The molecule has 0 radical (unpaired) electrons. The van der Waals surface area contributed by atoms with Crippen molar-refractivity contribution in [2.75, 3.05) is 26.7 Å². The van der Waals surface area contributed by atoms with Crippen molar-refractivity contribution in [3.8, 4) is 0 Å². The molecule has 0 bridgehead atoms. The summed E-state index contributed by atoms with van der Waals surface area (Å²) in [5.74, 6) is 0.0599. The smallest absolute Gasteiger partial charge is 0.308 e. The molecule has 2 rings (SSSR count). The summed E-state index contributed by atoms with van der Waals surface area (Å²) in [6, 6.07) is 9.00. The number of hydrogen-bond donors (Lipinski definition) is 0. The molecule has 1 fully saturated rings.